The van der Waals surface area contributed by atoms with E-state index in [2.05, 4.69) is 51.4 Å². The molecule has 3 aromatic heterocycles. The molecule has 0 aliphatic rings. The summed E-state index contributed by atoms with van der Waals surface area (Å²) in [6.07, 6.45) is 0.838. The number of carbonyl (C=O) groups excluding carboxylic acids is 1. The van der Waals surface area contributed by atoms with Gasteiger partial charge in [-0.3, -0.25) is 9.89 Å². The van der Waals surface area contributed by atoms with Crippen molar-refractivity contribution in [2.45, 2.75) is 41.0 Å². The number of amides is 1. The number of hydrogen-bond acceptors (Lipinski definition) is 5. The minimum atomic E-state index is -0.411. The lowest BCUT2D eigenvalue weighted by Crippen LogP contribution is -2.14. The molecular weight excluding hydrogens is 306 g/mol. The molecule has 0 fully saturated rings. The zero-order valence-corrected chi connectivity index (χ0v) is 14.5. The maximum absolute atomic E-state index is 12.3. The van der Waals surface area contributed by atoms with Crippen LogP contribution >= 0.6 is 0 Å². The Balaban J connectivity index is 1.79. The van der Waals surface area contributed by atoms with E-state index in [4.69, 9.17) is 0 Å². The van der Waals surface area contributed by atoms with Crippen molar-refractivity contribution < 1.29 is 4.79 Å². The Bertz CT molecular complexity index is 901. The number of anilines is 1. The van der Waals surface area contributed by atoms with Gasteiger partial charge in [0.2, 0.25) is 5.82 Å². The van der Waals surface area contributed by atoms with Gasteiger partial charge in [0.25, 0.3) is 11.7 Å². The third-order valence-electron chi connectivity index (χ3n) is 3.41. The third kappa shape index (κ3) is 3.42. The normalized spacial score (nSPS) is 11.9. The largest absolute Gasteiger partial charge is 0.302 e. The van der Waals surface area contributed by atoms with Gasteiger partial charge in [-0.05, 0) is 31.7 Å². The van der Waals surface area contributed by atoms with Gasteiger partial charge in [0.1, 0.15) is 0 Å². The average Bonchev–Trinajstić information content (AvgIpc) is 3.03. The van der Waals surface area contributed by atoms with E-state index in [-0.39, 0.29) is 11.2 Å². The smallest absolute Gasteiger partial charge is 0.296 e. The van der Waals surface area contributed by atoms with Crippen LogP contribution < -0.4 is 5.32 Å². The quantitative estimate of drug-likeness (QED) is 0.768. The van der Waals surface area contributed by atoms with Gasteiger partial charge >= 0.3 is 0 Å². The predicted molar refractivity (Wildman–Crippen MR) is 90.0 cm³/mol. The topological polar surface area (TPSA) is 101 Å². The Hall–Kier alpha value is -2.77. The van der Waals surface area contributed by atoms with E-state index in [9.17, 15) is 4.79 Å². The first-order valence-electron chi connectivity index (χ1n) is 7.78. The Morgan fingerprint density at radius 3 is 2.71 bits per heavy atom. The lowest BCUT2D eigenvalue weighted by molar-refractivity contribution is 0.101. The molecule has 0 spiro atoms. The first-order chi connectivity index (χ1) is 11.2. The molecule has 0 bridgehead atoms. The standard InChI is InChI=1S/C16H21N7O/c1-9-6-10(2)23-15(17-9)19-13(22-23)14(24)18-12-7-11(20-21-12)8-16(3,4)5/h6-7H,8H2,1-5H3,(H2,18,20,21,24). The number of H-pyrrole nitrogens is 1. The highest BCUT2D eigenvalue weighted by Crippen LogP contribution is 2.20. The van der Waals surface area contributed by atoms with Gasteiger partial charge in [0.05, 0.1) is 0 Å². The monoisotopic (exact) mass is 327 g/mol. The molecule has 0 atom stereocenters. The van der Waals surface area contributed by atoms with Crippen LogP contribution in [0.5, 0.6) is 0 Å². The molecule has 0 aliphatic carbocycles. The lowest BCUT2D eigenvalue weighted by Gasteiger charge is -2.15. The Kier molecular flexibility index (Phi) is 3.82. The van der Waals surface area contributed by atoms with E-state index >= 15 is 0 Å². The minimum absolute atomic E-state index is 0.0663. The van der Waals surface area contributed by atoms with Gasteiger partial charge in [-0.1, -0.05) is 20.8 Å². The fourth-order valence-corrected chi connectivity index (χ4v) is 2.52. The number of aryl methyl sites for hydroxylation is 2. The van der Waals surface area contributed by atoms with Crippen molar-refractivity contribution in [3.05, 3.63) is 35.0 Å². The molecule has 8 nitrogen and oxygen atoms in total. The van der Waals surface area contributed by atoms with Crippen LogP contribution in [0.3, 0.4) is 0 Å². The molecule has 2 N–H and O–H groups in total. The van der Waals surface area contributed by atoms with Gasteiger partial charge in [0.15, 0.2) is 5.82 Å². The summed E-state index contributed by atoms with van der Waals surface area (Å²) in [5, 5.41) is 14.0. The van der Waals surface area contributed by atoms with E-state index in [0.717, 1.165) is 23.5 Å². The summed E-state index contributed by atoms with van der Waals surface area (Å²) in [5.74, 6) is 0.523. The van der Waals surface area contributed by atoms with Crippen LogP contribution in [0.2, 0.25) is 0 Å². The van der Waals surface area contributed by atoms with Gasteiger partial charge in [-0.25, -0.2) is 9.50 Å². The van der Waals surface area contributed by atoms with E-state index in [0.29, 0.717) is 11.6 Å². The molecule has 0 radical (unpaired) electrons. The van der Waals surface area contributed by atoms with Crippen molar-refractivity contribution >= 4 is 17.5 Å². The molecule has 0 aliphatic heterocycles. The van der Waals surface area contributed by atoms with E-state index in [1.165, 1.54) is 0 Å². The summed E-state index contributed by atoms with van der Waals surface area (Å²) in [6.45, 7) is 10.2. The maximum atomic E-state index is 12.3. The second-order valence-corrected chi connectivity index (χ2v) is 7.16. The summed E-state index contributed by atoms with van der Waals surface area (Å²) in [4.78, 5) is 20.8. The van der Waals surface area contributed by atoms with Crippen molar-refractivity contribution in [2.75, 3.05) is 5.32 Å². The number of nitrogens with one attached hydrogen (secondary N) is 2. The number of fused-ring (bicyclic) bond motifs is 1. The van der Waals surface area contributed by atoms with Crippen molar-refractivity contribution in [2.24, 2.45) is 5.41 Å². The SMILES string of the molecule is Cc1cc(C)n2nc(C(=O)Nc3cc(CC(C)(C)C)[nH]n3)nc2n1. The number of aromatic amines is 1. The molecule has 0 aromatic carbocycles. The third-order valence-corrected chi connectivity index (χ3v) is 3.41. The highest BCUT2D eigenvalue weighted by atomic mass is 16.2. The van der Waals surface area contributed by atoms with Crippen LogP contribution in [0, 0.1) is 19.3 Å². The highest BCUT2D eigenvalue weighted by molar-refractivity contribution is 6.01. The fourth-order valence-electron chi connectivity index (χ4n) is 2.52. The maximum Gasteiger partial charge on any atom is 0.296 e. The van der Waals surface area contributed by atoms with Crippen molar-refractivity contribution in [1.29, 1.82) is 0 Å². The molecule has 126 valence electrons. The average molecular weight is 327 g/mol. The van der Waals surface area contributed by atoms with E-state index in [1.807, 2.05) is 26.0 Å². The van der Waals surface area contributed by atoms with Crippen LogP contribution in [-0.4, -0.2) is 35.7 Å². The Morgan fingerprint density at radius 1 is 1.25 bits per heavy atom. The van der Waals surface area contributed by atoms with E-state index in [1.54, 1.807) is 4.52 Å². The lowest BCUT2D eigenvalue weighted by atomic mass is 9.91. The number of nitrogens with zero attached hydrogens (tertiary/aromatic N) is 5. The first-order valence-corrected chi connectivity index (χ1v) is 7.78. The van der Waals surface area contributed by atoms with Crippen molar-refractivity contribution in [3.63, 3.8) is 0 Å². The number of aromatic nitrogens is 6. The van der Waals surface area contributed by atoms with Crippen LogP contribution in [0.15, 0.2) is 12.1 Å². The molecule has 0 saturated heterocycles. The zero-order valence-electron chi connectivity index (χ0n) is 14.5. The fraction of sp³-hybridized carbons (Fsp3) is 0.438. The van der Waals surface area contributed by atoms with Gasteiger partial charge in [-0.2, -0.15) is 10.1 Å². The molecule has 24 heavy (non-hydrogen) atoms. The summed E-state index contributed by atoms with van der Waals surface area (Å²) in [7, 11) is 0. The summed E-state index contributed by atoms with van der Waals surface area (Å²) in [5.41, 5.74) is 2.81. The van der Waals surface area contributed by atoms with Crippen LogP contribution in [0.25, 0.3) is 5.78 Å². The molecule has 3 aromatic rings. The van der Waals surface area contributed by atoms with Crippen LogP contribution in [0.4, 0.5) is 5.82 Å². The highest BCUT2D eigenvalue weighted by Gasteiger charge is 2.18. The zero-order chi connectivity index (χ0) is 17.5. The number of rotatable bonds is 3. The van der Waals surface area contributed by atoms with Crippen LogP contribution in [0.1, 0.15) is 48.5 Å². The Morgan fingerprint density at radius 2 is 2.00 bits per heavy atom. The number of hydrogen-bond donors (Lipinski definition) is 2. The van der Waals surface area contributed by atoms with Crippen LogP contribution in [-0.2, 0) is 6.42 Å². The second kappa shape index (κ2) is 5.70. The molecule has 3 heterocycles. The predicted octanol–water partition coefficient (Wildman–Crippen LogP) is 2.31. The molecule has 0 saturated carbocycles. The van der Waals surface area contributed by atoms with E-state index < -0.39 is 5.91 Å². The minimum Gasteiger partial charge on any atom is -0.302 e. The van der Waals surface area contributed by atoms with Gasteiger partial charge in [-0.15, -0.1) is 5.10 Å². The van der Waals surface area contributed by atoms with Gasteiger partial charge < -0.3 is 5.32 Å². The summed E-state index contributed by atoms with van der Waals surface area (Å²) < 4.78 is 1.55. The van der Waals surface area contributed by atoms with Gasteiger partial charge in [0, 0.05) is 23.1 Å². The molecule has 0 unspecified atom stereocenters. The molecule has 8 heteroatoms. The first kappa shape index (κ1) is 16.1. The molecule has 1 amide bonds. The molecule has 3 rings (SSSR count). The second-order valence-electron chi connectivity index (χ2n) is 7.16. The van der Waals surface area contributed by atoms with Crippen molar-refractivity contribution in [1.82, 2.24) is 29.8 Å². The summed E-state index contributed by atoms with van der Waals surface area (Å²) in [6, 6.07) is 3.71. The number of carbonyl (C=O) groups is 1. The van der Waals surface area contributed by atoms with Crippen molar-refractivity contribution in [3.8, 4) is 0 Å². The summed E-state index contributed by atoms with van der Waals surface area (Å²) >= 11 is 0. The Labute approximate surface area is 139 Å². The molecular formula is C16H21N7O.